The van der Waals surface area contributed by atoms with Gasteiger partial charge in [-0.1, -0.05) is 0 Å². The Balaban J connectivity index is 1.62. The number of aromatic amines is 1. The molecule has 1 atom stereocenters. The minimum atomic E-state index is 0.170. The fourth-order valence-corrected chi connectivity index (χ4v) is 3.10. The number of carbonyl (C=O) groups excluding carboxylic acids is 1. The van der Waals surface area contributed by atoms with E-state index in [1.807, 2.05) is 11.1 Å². The number of hydrogen-bond donors (Lipinski definition) is 1. The molecule has 2 fully saturated rings. The van der Waals surface area contributed by atoms with Crippen LogP contribution in [0.4, 0.5) is 0 Å². The van der Waals surface area contributed by atoms with Gasteiger partial charge in [-0.2, -0.15) is 0 Å². The van der Waals surface area contributed by atoms with Crippen LogP contribution >= 0.6 is 0 Å². The number of aromatic nitrogens is 2. The van der Waals surface area contributed by atoms with Crippen molar-refractivity contribution in [1.29, 1.82) is 0 Å². The molecule has 104 valence electrons. The first-order valence-corrected chi connectivity index (χ1v) is 7.20. The third-order valence-electron chi connectivity index (χ3n) is 4.21. The minimum absolute atomic E-state index is 0.170. The van der Waals surface area contributed by atoms with E-state index in [-0.39, 0.29) is 5.92 Å². The fourth-order valence-electron chi connectivity index (χ4n) is 3.10. The number of ether oxygens (including phenoxy) is 1. The van der Waals surface area contributed by atoms with Gasteiger partial charge in [0, 0.05) is 50.5 Å². The first kappa shape index (κ1) is 12.7. The van der Waals surface area contributed by atoms with Crippen LogP contribution in [0.5, 0.6) is 0 Å². The van der Waals surface area contributed by atoms with Crippen molar-refractivity contribution < 1.29 is 9.53 Å². The third-order valence-corrected chi connectivity index (χ3v) is 4.21. The zero-order chi connectivity index (χ0) is 13.1. The number of nitrogens with one attached hydrogen (secondary N) is 1. The maximum atomic E-state index is 12.5. The van der Waals surface area contributed by atoms with Crippen LogP contribution in [0, 0.1) is 5.92 Å². The molecule has 5 heteroatoms. The molecule has 2 aliphatic rings. The summed E-state index contributed by atoms with van der Waals surface area (Å²) in [4.78, 5) is 22.1. The number of hydrogen-bond acceptors (Lipinski definition) is 3. The van der Waals surface area contributed by atoms with Crippen LogP contribution in [-0.2, 0) is 9.53 Å². The molecule has 3 rings (SSSR count). The van der Waals surface area contributed by atoms with Gasteiger partial charge in [0.05, 0.1) is 0 Å². The van der Waals surface area contributed by atoms with Gasteiger partial charge >= 0.3 is 0 Å². The van der Waals surface area contributed by atoms with E-state index in [4.69, 9.17) is 4.74 Å². The highest BCUT2D eigenvalue weighted by molar-refractivity contribution is 5.79. The largest absolute Gasteiger partial charge is 0.381 e. The summed E-state index contributed by atoms with van der Waals surface area (Å²) in [5, 5.41) is 0. The summed E-state index contributed by atoms with van der Waals surface area (Å²) in [7, 11) is 0. The van der Waals surface area contributed by atoms with Gasteiger partial charge < -0.3 is 14.6 Å². The molecule has 3 heterocycles. The van der Waals surface area contributed by atoms with Crippen LogP contribution in [-0.4, -0.2) is 47.1 Å². The quantitative estimate of drug-likeness (QED) is 0.880. The smallest absolute Gasteiger partial charge is 0.225 e. The number of imidazole rings is 1. The molecule has 0 radical (unpaired) electrons. The number of piperidine rings is 1. The molecule has 1 amide bonds. The molecule has 19 heavy (non-hydrogen) atoms. The lowest BCUT2D eigenvalue weighted by atomic mass is 9.93. The Labute approximate surface area is 113 Å². The standard InChI is InChI=1S/C14H21N3O2/c18-14(11-3-8-19-9-4-11)17-7-1-2-12(10-17)13-15-5-6-16-13/h5-6,11-12H,1-4,7-10H2,(H,15,16)/t12-/m0/s1. The van der Waals surface area contributed by atoms with Crippen LogP contribution < -0.4 is 0 Å². The summed E-state index contributed by atoms with van der Waals surface area (Å²) in [6, 6.07) is 0. The summed E-state index contributed by atoms with van der Waals surface area (Å²) in [6.45, 7) is 3.16. The lowest BCUT2D eigenvalue weighted by Gasteiger charge is -2.35. The molecular formula is C14H21N3O2. The van der Waals surface area contributed by atoms with Crippen LogP contribution in [0.1, 0.15) is 37.4 Å². The summed E-state index contributed by atoms with van der Waals surface area (Å²) >= 11 is 0. The summed E-state index contributed by atoms with van der Waals surface area (Å²) in [5.41, 5.74) is 0. The maximum absolute atomic E-state index is 12.5. The predicted molar refractivity (Wildman–Crippen MR) is 70.7 cm³/mol. The predicted octanol–water partition coefficient (Wildman–Crippen LogP) is 1.54. The monoisotopic (exact) mass is 263 g/mol. The molecule has 5 nitrogen and oxygen atoms in total. The van der Waals surface area contributed by atoms with Crippen molar-refractivity contribution in [3.05, 3.63) is 18.2 Å². The first-order valence-electron chi connectivity index (χ1n) is 7.20. The highest BCUT2D eigenvalue weighted by Crippen LogP contribution is 2.27. The molecular weight excluding hydrogens is 242 g/mol. The molecule has 0 aromatic carbocycles. The van der Waals surface area contributed by atoms with E-state index in [0.29, 0.717) is 11.8 Å². The van der Waals surface area contributed by atoms with Crippen molar-refractivity contribution in [1.82, 2.24) is 14.9 Å². The van der Waals surface area contributed by atoms with Crippen molar-refractivity contribution in [2.75, 3.05) is 26.3 Å². The Bertz CT molecular complexity index is 412. The number of H-pyrrole nitrogens is 1. The van der Waals surface area contributed by atoms with E-state index < -0.39 is 0 Å². The highest BCUT2D eigenvalue weighted by atomic mass is 16.5. The van der Waals surface area contributed by atoms with Crippen LogP contribution in [0.3, 0.4) is 0 Å². The Morgan fingerprint density at radius 1 is 1.37 bits per heavy atom. The number of nitrogens with zero attached hydrogens (tertiary/aromatic N) is 2. The Hall–Kier alpha value is -1.36. The van der Waals surface area contributed by atoms with Gasteiger partial charge in [0.25, 0.3) is 0 Å². The van der Waals surface area contributed by atoms with Gasteiger partial charge in [-0.05, 0) is 25.7 Å². The number of rotatable bonds is 2. The van der Waals surface area contributed by atoms with Crippen LogP contribution in [0.15, 0.2) is 12.4 Å². The SMILES string of the molecule is O=C(C1CCOCC1)N1CCC[C@H](c2ncc[nH]2)C1. The van der Waals surface area contributed by atoms with Crippen LogP contribution in [0.2, 0.25) is 0 Å². The lowest BCUT2D eigenvalue weighted by Crippen LogP contribution is -2.43. The molecule has 0 unspecified atom stereocenters. The highest BCUT2D eigenvalue weighted by Gasteiger charge is 2.31. The second-order valence-electron chi connectivity index (χ2n) is 5.48. The molecule has 2 aliphatic heterocycles. The van der Waals surface area contributed by atoms with Crippen molar-refractivity contribution in [2.45, 2.75) is 31.6 Å². The molecule has 0 aliphatic carbocycles. The topological polar surface area (TPSA) is 58.2 Å². The molecule has 0 spiro atoms. The molecule has 2 saturated heterocycles. The molecule has 1 aromatic rings. The van der Waals surface area contributed by atoms with E-state index in [1.54, 1.807) is 6.20 Å². The first-order chi connectivity index (χ1) is 9.34. The maximum Gasteiger partial charge on any atom is 0.225 e. The summed E-state index contributed by atoms with van der Waals surface area (Å²) in [6.07, 6.45) is 7.58. The van der Waals surface area contributed by atoms with Crippen molar-refractivity contribution >= 4 is 5.91 Å². The van der Waals surface area contributed by atoms with E-state index in [0.717, 1.165) is 57.8 Å². The van der Waals surface area contributed by atoms with E-state index in [1.165, 1.54) is 0 Å². The number of likely N-dealkylation sites (tertiary alicyclic amines) is 1. The molecule has 0 saturated carbocycles. The Morgan fingerprint density at radius 2 is 2.21 bits per heavy atom. The van der Waals surface area contributed by atoms with E-state index in [9.17, 15) is 4.79 Å². The van der Waals surface area contributed by atoms with Gasteiger partial charge in [-0.15, -0.1) is 0 Å². The van der Waals surface area contributed by atoms with Crippen molar-refractivity contribution in [3.63, 3.8) is 0 Å². The van der Waals surface area contributed by atoms with Gasteiger partial charge in [0.2, 0.25) is 5.91 Å². The summed E-state index contributed by atoms with van der Waals surface area (Å²) in [5.74, 6) is 1.88. The Morgan fingerprint density at radius 3 is 2.95 bits per heavy atom. The molecule has 1 aromatic heterocycles. The van der Waals surface area contributed by atoms with Gasteiger partial charge in [0.1, 0.15) is 5.82 Å². The van der Waals surface area contributed by atoms with Gasteiger partial charge in [-0.3, -0.25) is 4.79 Å². The Kier molecular flexibility index (Phi) is 3.82. The minimum Gasteiger partial charge on any atom is -0.381 e. The fraction of sp³-hybridized carbons (Fsp3) is 0.714. The third kappa shape index (κ3) is 2.81. The average Bonchev–Trinajstić information content (AvgIpc) is 3.02. The molecule has 0 bridgehead atoms. The van der Waals surface area contributed by atoms with Crippen molar-refractivity contribution in [3.8, 4) is 0 Å². The normalized spacial score (nSPS) is 25.5. The average molecular weight is 263 g/mol. The van der Waals surface area contributed by atoms with Crippen molar-refractivity contribution in [2.24, 2.45) is 5.92 Å². The number of carbonyl (C=O) groups is 1. The van der Waals surface area contributed by atoms with E-state index in [2.05, 4.69) is 9.97 Å². The zero-order valence-electron chi connectivity index (χ0n) is 11.2. The summed E-state index contributed by atoms with van der Waals surface area (Å²) < 4.78 is 5.33. The van der Waals surface area contributed by atoms with E-state index >= 15 is 0 Å². The second-order valence-corrected chi connectivity index (χ2v) is 5.48. The molecule has 1 N–H and O–H groups in total. The zero-order valence-corrected chi connectivity index (χ0v) is 11.2. The van der Waals surface area contributed by atoms with Gasteiger partial charge in [0.15, 0.2) is 0 Å². The lowest BCUT2D eigenvalue weighted by molar-refractivity contribution is -0.139. The number of amides is 1. The van der Waals surface area contributed by atoms with Crippen LogP contribution in [0.25, 0.3) is 0 Å². The van der Waals surface area contributed by atoms with Gasteiger partial charge in [-0.25, -0.2) is 4.98 Å². The second kappa shape index (κ2) is 5.74.